The van der Waals surface area contributed by atoms with Gasteiger partial charge in [-0.3, -0.25) is 9.59 Å². The molecule has 1 saturated heterocycles. The van der Waals surface area contributed by atoms with Gasteiger partial charge in [0.1, 0.15) is 5.75 Å². The highest BCUT2D eigenvalue weighted by Crippen LogP contribution is 2.21. The van der Waals surface area contributed by atoms with Gasteiger partial charge in [0.25, 0.3) is 11.8 Å². The number of benzene rings is 2. The van der Waals surface area contributed by atoms with Crippen LogP contribution in [0.15, 0.2) is 48.5 Å². The number of nitrogens with zero attached hydrogens (tertiary/aromatic N) is 2. The van der Waals surface area contributed by atoms with E-state index in [1.807, 2.05) is 54.3 Å². The number of amides is 2. The van der Waals surface area contributed by atoms with E-state index in [9.17, 15) is 9.59 Å². The minimum Gasteiger partial charge on any atom is -0.493 e. The van der Waals surface area contributed by atoms with Gasteiger partial charge in [-0.15, -0.1) is 0 Å². The molecule has 2 aromatic rings. The summed E-state index contributed by atoms with van der Waals surface area (Å²) in [6, 6.07) is 15.1. The molecule has 1 fully saturated rings. The van der Waals surface area contributed by atoms with Crippen molar-refractivity contribution >= 4 is 11.8 Å². The zero-order valence-electron chi connectivity index (χ0n) is 16.9. The molecule has 1 heterocycles. The van der Waals surface area contributed by atoms with E-state index in [0.29, 0.717) is 55.6 Å². The first-order valence-corrected chi connectivity index (χ1v) is 9.91. The third-order valence-corrected chi connectivity index (χ3v) is 5.10. The van der Waals surface area contributed by atoms with E-state index in [-0.39, 0.29) is 11.8 Å². The Labute approximate surface area is 166 Å². The standard InChI is InChI=1S/C23H28N2O3/c1-4-28-21-8-6-5-7-20(21)23(27)25-15-13-24(14-16-25)22(26)19-11-9-18(10-12-19)17(2)3/h5-12,17H,4,13-16H2,1-3H3. The van der Waals surface area contributed by atoms with Crippen molar-refractivity contribution in [3.05, 3.63) is 65.2 Å². The van der Waals surface area contributed by atoms with Gasteiger partial charge >= 0.3 is 0 Å². The molecule has 0 bridgehead atoms. The topological polar surface area (TPSA) is 49.9 Å². The largest absolute Gasteiger partial charge is 0.493 e. The van der Waals surface area contributed by atoms with Crippen LogP contribution < -0.4 is 4.74 Å². The summed E-state index contributed by atoms with van der Waals surface area (Å²) in [6.07, 6.45) is 0. The molecule has 0 aromatic heterocycles. The Hall–Kier alpha value is -2.82. The molecule has 0 atom stereocenters. The monoisotopic (exact) mass is 380 g/mol. The van der Waals surface area contributed by atoms with Gasteiger partial charge in [-0.05, 0) is 42.7 Å². The van der Waals surface area contributed by atoms with Gasteiger partial charge in [0.2, 0.25) is 0 Å². The molecule has 0 N–H and O–H groups in total. The predicted molar refractivity (Wildman–Crippen MR) is 110 cm³/mol. The van der Waals surface area contributed by atoms with Crippen molar-refractivity contribution in [2.75, 3.05) is 32.8 Å². The Morgan fingerprint density at radius 1 is 0.893 bits per heavy atom. The Balaban J connectivity index is 1.62. The molecule has 0 radical (unpaired) electrons. The summed E-state index contributed by atoms with van der Waals surface area (Å²) in [5, 5.41) is 0. The molecule has 2 amide bonds. The number of carbonyl (C=O) groups excluding carboxylic acids is 2. The third kappa shape index (κ3) is 4.35. The van der Waals surface area contributed by atoms with Crippen LogP contribution in [0.3, 0.4) is 0 Å². The molecule has 28 heavy (non-hydrogen) atoms. The van der Waals surface area contributed by atoms with Gasteiger partial charge in [0, 0.05) is 31.7 Å². The lowest BCUT2D eigenvalue weighted by molar-refractivity contribution is 0.0533. The Kier molecular flexibility index (Phi) is 6.34. The fourth-order valence-corrected chi connectivity index (χ4v) is 3.40. The van der Waals surface area contributed by atoms with Gasteiger partial charge in [-0.1, -0.05) is 38.1 Å². The lowest BCUT2D eigenvalue weighted by Gasteiger charge is -2.35. The summed E-state index contributed by atoms with van der Waals surface area (Å²) < 4.78 is 5.58. The molecule has 148 valence electrons. The number of piperazine rings is 1. The molecule has 3 rings (SSSR count). The fraction of sp³-hybridized carbons (Fsp3) is 0.391. The molecule has 1 aliphatic rings. The smallest absolute Gasteiger partial charge is 0.257 e. The molecular formula is C23H28N2O3. The normalized spacial score (nSPS) is 14.3. The average Bonchev–Trinajstić information content (AvgIpc) is 2.73. The lowest BCUT2D eigenvalue weighted by atomic mass is 10.0. The molecule has 5 nitrogen and oxygen atoms in total. The number of hydrogen-bond donors (Lipinski definition) is 0. The van der Waals surface area contributed by atoms with Crippen LogP contribution in [0.4, 0.5) is 0 Å². The van der Waals surface area contributed by atoms with E-state index in [4.69, 9.17) is 4.74 Å². The van der Waals surface area contributed by atoms with Crippen LogP contribution >= 0.6 is 0 Å². The van der Waals surface area contributed by atoms with Crippen LogP contribution in [0.1, 0.15) is 53.0 Å². The van der Waals surface area contributed by atoms with Crippen molar-refractivity contribution in [1.82, 2.24) is 9.80 Å². The van der Waals surface area contributed by atoms with E-state index in [1.165, 1.54) is 5.56 Å². The van der Waals surface area contributed by atoms with Crippen molar-refractivity contribution < 1.29 is 14.3 Å². The predicted octanol–water partition coefficient (Wildman–Crippen LogP) is 3.81. The Bertz CT molecular complexity index is 822. The number of rotatable bonds is 5. The second kappa shape index (κ2) is 8.91. The zero-order valence-corrected chi connectivity index (χ0v) is 16.9. The molecule has 0 unspecified atom stereocenters. The highest BCUT2D eigenvalue weighted by Gasteiger charge is 2.26. The fourth-order valence-electron chi connectivity index (χ4n) is 3.40. The molecule has 0 spiro atoms. The van der Waals surface area contributed by atoms with Crippen molar-refractivity contribution in [3.63, 3.8) is 0 Å². The highest BCUT2D eigenvalue weighted by atomic mass is 16.5. The first-order valence-electron chi connectivity index (χ1n) is 9.91. The molecule has 5 heteroatoms. The summed E-state index contributed by atoms with van der Waals surface area (Å²) in [6.45, 7) is 8.81. The van der Waals surface area contributed by atoms with Crippen molar-refractivity contribution in [3.8, 4) is 5.75 Å². The van der Waals surface area contributed by atoms with Gasteiger partial charge in [-0.25, -0.2) is 0 Å². The third-order valence-electron chi connectivity index (χ3n) is 5.10. The summed E-state index contributed by atoms with van der Waals surface area (Å²) in [5.41, 5.74) is 2.50. The van der Waals surface area contributed by atoms with E-state index >= 15 is 0 Å². The first-order chi connectivity index (χ1) is 13.5. The minimum atomic E-state index is -0.0440. The SMILES string of the molecule is CCOc1ccccc1C(=O)N1CCN(C(=O)c2ccc(C(C)C)cc2)CC1. The number of para-hydroxylation sites is 1. The Morgan fingerprint density at radius 3 is 2.04 bits per heavy atom. The van der Waals surface area contributed by atoms with Crippen molar-refractivity contribution in [1.29, 1.82) is 0 Å². The zero-order chi connectivity index (χ0) is 20.1. The minimum absolute atomic E-state index is 0.0251. The van der Waals surface area contributed by atoms with Crippen molar-refractivity contribution in [2.24, 2.45) is 0 Å². The second-order valence-electron chi connectivity index (χ2n) is 7.29. The summed E-state index contributed by atoms with van der Waals surface area (Å²) >= 11 is 0. The number of hydrogen-bond acceptors (Lipinski definition) is 3. The molecule has 0 aliphatic carbocycles. The summed E-state index contributed by atoms with van der Waals surface area (Å²) in [4.78, 5) is 29.3. The molecular weight excluding hydrogens is 352 g/mol. The second-order valence-corrected chi connectivity index (χ2v) is 7.29. The number of carbonyl (C=O) groups is 2. The first kappa shape index (κ1) is 19.9. The van der Waals surface area contributed by atoms with Crippen molar-refractivity contribution in [2.45, 2.75) is 26.7 Å². The van der Waals surface area contributed by atoms with E-state index < -0.39 is 0 Å². The number of ether oxygens (including phenoxy) is 1. The van der Waals surface area contributed by atoms with Crippen LogP contribution in [0, 0.1) is 0 Å². The van der Waals surface area contributed by atoms with E-state index in [1.54, 1.807) is 11.0 Å². The van der Waals surface area contributed by atoms with Crippen LogP contribution in [0.5, 0.6) is 5.75 Å². The summed E-state index contributed by atoms with van der Waals surface area (Å²) in [7, 11) is 0. The molecule has 0 saturated carbocycles. The van der Waals surface area contributed by atoms with E-state index in [2.05, 4.69) is 13.8 Å². The van der Waals surface area contributed by atoms with Gasteiger partial charge < -0.3 is 14.5 Å². The highest BCUT2D eigenvalue weighted by molar-refractivity contribution is 5.97. The van der Waals surface area contributed by atoms with Crippen LogP contribution in [-0.2, 0) is 0 Å². The maximum atomic E-state index is 12.9. The van der Waals surface area contributed by atoms with Gasteiger partial charge in [-0.2, -0.15) is 0 Å². The maximum Gasteiger partial charge on any atom is 0.257 e. The average molecular weight is 380 g/mol. The lowest BCUT2D eigenvalue weighted by Crippen LogP contribution is -2.50. The summed E-state index contributed by atoms with van der Waals surface area (Å²) in [5.74, 6) is 1.03. The van der Waals surface area contributed by atoms with Crippen LogP contribution in [-0.4, -0.2) is 54.4 Å². The maximum absolute atomic E-state index is 12.9. The molecule has 2 aromatic carbocycles. The van der Waals surface area contributed by atoms with Gasteiger partial charge in [0.15, 0.2) is 0 Å². The van der Waals surface area contributed by atoms with Crippen LogP contribution in [0.2, 0.25) is 0 Å². The molecule has 1 aliphatic heterocycles. The Morgan fingerprint density at radius 2 is 1.46 bits per heavy atom. The van der Waals surface area contributed by atoms with Crippen LogP contribution in [0.25, 0.3) is 0 Å². The van der Waals surface area contributed by atoms with Gasteiger partial charge in [0.05, 0.1) is 12.2 Å². The van der Waals surface area contributed by atoms with E-state index in [0.717, 1.165) is 0 Å². The quantitative estimate of drug-likeness (QED) is 0.793.